The van der Waals surface area contributed by atoms with E-state index in [-0.39, 0.29) is 11.5 Å². The number of rotatable bonds is 3. The molecule has 0 spiro atoms. The van der Waals surface area contributed by atoms with Gasteiger partial charge in [-0.1, -0.05) is 0 Å². The molecule has 0 aromatic carbocycles. The molecule has 1 amide bonds. The minimum absolute atomic E-state index is 0.121. The molecule has 1 rings (SSSR count). The van der Waals surface area contributed by atoms with Crippen LogP contribution in [0, 0.1) is 0 Å². The van der Waals surface area contributed by atoms with E-state index in [1.807, 2.05) is 4.72 Å². The van der Waals surface area contributed by atoms with E-state index in [9.17, 15) is 18.0 Å². The Kier molecular flexibility index (Phi) is 3.18. The van der Waals surface area contributed by atoms with Crippen LogP contribution in [-0.2, 0) is 17.1 Å². The predicted molar refractivity (Wildman–Crippen MR) is 57.7 cm³/mol. The number of carbonyl (C=O) groups excluding carboxylic acids is 2. The number of carbonyl (C=O) groups is 2. The Balaban J connectivity index is 3.07. The minimum atomic E-state index is -3.60. The smallest absolute Gasteiger partial charge is 0.281 e. The van der Waals surface area contributed by atoms with Gasteiger partial charge in [0.1, 0.15) is 5.69 Å². The molecule has 0 saturated heterocycles. The van der Waals surface area contributed by atoms with Crippen molar-refractivity contribution in [3.63, 3.8) is 0 Å². The highest BCUT2D eigenvalue weighted by atomic mass is 32.2. The maximum atomic E-state index is 11.5. The van der Waals surface area contributed by atoms with Crippen molar-refractivity contribution in [2.45, 2.75) is 6.92 Å². The number of nitrogens with zero attached hydrogens (tertiary/aromatic N) is 1. The monoisotopic (exact) mass is 244 g/mol. The molecule has 0 aliphatic carbocycles. The lowest BCUT2D eigenvalue weighted by Gasteiger charge is -2.05. The predicted octanol–water partition coefficient (Wildman–Crippen LogP) is -0.0829. The maximum Gasteiger partial charge on any atom is 0.281 e. The van der Waals surface area contributed by atoms with Crippen LogP contribution in [0.25, 0.3) is 0 Å². The number of Topliss-reactive ketones (excluding diaryl/α,β-unsaturated/α-hetero) is 1. The molecule has 0 bridgehead atoms. The number of nitrogens with one attached hydrogen (secondary N) is 1. The third-order valence-electron chi connectivity index (χ3n) is 1.99. The van der Waals surface area contributed by atoms with Gasteiger partial charge in [-0.25, -0.2) is 13.1 Å². The van der Waals surface area contributed by atoms with Crippen LogP contribution in [0.4, 0.5) is 0 Å². The van der Waals surface area contributed by atoms with Crippen LogP contribution < -0.4 is 4.72 Å². The first-order chi connectivity index (χ1) is 7.22. The van der Waals surface area contributed by atoms with Gasteiger partial charge in [0.15, 0.2) is 5.78 Å². The Hall–Kier alpha value is -1.63. The van der Waals surface area contributed by atoms with Crippen LogP contribution in [0.2, 0.25) is 0 Å². The van der Waals surface area contributed by atoms with Crippen LogP contribution in [0.5, 0.6) is 0 Å². The third kappa shape index (κ3) is 2.69. The summed E-state index contributed by atoms with van der Waals surface area (Å²) in [5.74, 6) is -0.946. The summed E-state index contributed by atoms with van der Waals surface area (Å²) >= 11 is 0. The Morgan fingerprint density at radius 1 is 1.25 bits per heavy atom. The van der Waals surface area contributed by atoms with E-state index in [0.717, 1.165) is 6.26 Å². The van der Waals surface area contributed by atoms with Crippen LogP contribution in [0.3, 0.4) is 0 Å². The fourth-order valence-electron chi connectivity index (χ4n) is 1.31. The molecular formula is C9H12N2O4S. The van der Waals surface area contributed by atoms with Gasteiger partial charge in [-0.15, -0.1) is 0 Å². The molecule has 1 aromatic rings. The van der Waals surface area contributed by atoms with Crippen molar-refractivity contribution >= 4 is 21.7 Å². The summed E-state index contributed by atoms with van der Waals surface area (Å²) in [6, 6.07) is 2.87. The first-order valence-electron chi connectivity index (χ1n) is 4.41. The number of ketones is 1. The largest absolute Gasteiger partial charge is 0.337 e. The molecule has 0 radical (unpaired) electrons. The van der Waals surface area contributed by atoms with Gasteiger partial charge in [0.25, 0.3) is 5.91 Å². The van der Waals surface area contributed by atoms with Crippen molar-refractivity contribution in [3.8, 4) is 0 Å². The lowest BCUT2D eigenvalue weighted by molar-refractivity contribution is 0.0973. The van der Waals surface area contributed by atoms with Crippen LogP contribution in [0.15, 0.2) is 12.1 Å². The molecule has 1 aromatic heterocycles. The lowest BCUT2D eigenvalue weighted by atomic mass is 10.3. The molecule has 0 saturated carbocycles. The van der Waals surface area contributed by atoms with Crippen molar-refractivity contribution < 1.29 is 18.0 Å². The van der Waals surface area contributed by atoms with Gasteiger partial charge in [0.05, 0.1) is 11.9 Å². The molecule has 7 heteroatoms. The summed E-state index contributed by atoms with van der Waals surface area (Å²) in [4.78, 5) is 22.6. The molecule has 1 N–H and O–H groups in total. The second-order valence-electron chi connectivity index (χ2n) is 3.42. The van der Waals surface area contributed by atoms with Crippen molar-refractivity contribution in [2.75, 3.05) is 6.26 Å². The quantitative estimate of drug-likeness (QED) is 0.753. The standard InChI is InChI=1S/C9H12N2O4S/c1-6(12)7-4-5-8(11(7)2)9(13)10-16(3,14)15/h4-5H,1-3H3,(H,10,13). The van der Waals surface area contributed by atoms with Gasteiger partial charge >= 0.3 is 0 Å². The van der Waals surface area contributed by atoms with Crippen molar-refractivity contribution in [3.05, 3.63) is 23.5 Å². The number of hydrogen-bond acceptors (Lipinski definition) is 4. The molecule has 0 atom stereocenters. The van der Waals surface area contributed by atoms with Gasteiger partial charge in [0.2, 0.25) is 10.0 Å². The lowest BCUT2D eigenvalue weighted by Crippen LogP contribution is -2.31. The van der Waals surface area contributed by atoms with Gasteiger partial charge in [-0.3, -0.25) is 9.59 Å². The fourth-order valence-corrected chi connectivity index (χ4v) is 1.75. The Morgan fingerprint density at radius 2 is 1.75 bits per heavy atom. The number of hydrogen-bond donors (Lipinski definition) is 1. The Labute approximate surface area is 93.3 Å². The highest BCUT2D eigenvalue weighted by molar-refractivity contribution is 7.89. The molecular weight excluding hydrogens is 232 g/mol. The topological polar surface area (TPSA) is 85.2 Å². The van der Waals surface area contributed by atoms with E-state index < -0.39 is 15.9 Å². The van der Waals surface area contributed by atoms with Gasteiger partial charge in [-0.05, 0) is 12.1 Å². The molecule has 88 valence electrons. The summed E-state index contributed by atoms with van der Waals surface area (Å²) in [5, 5.41) is 0. The summed E-state index contributed by atoms with van der Waals surface area (Å²) in [7, 11) is -2.08. The van der Waals surface area contributed by atoms with Crippen molar-refractivity contribution in [2.24, 2.45) is 7.05 Å². The number of sulfonamides is 1. The third-order valence-corrected chi connectivity index (χ3v) is 2.55. The first-order valence-corrected chi connectivity index (χ1v) is 6.30. The first kappa shape index (κ1) is 12.4. The van der Waals surface area contributed by atoms with E-state index >= 15 is 0 Å². The average molecular weight is 244 g/mol. The molecule has 1 heterocycles. The number of aromatic nitrogens is 1. The van der Waals surface area contributed by atoms with Gasteiger partial charge < -0.3 is 4.57 Å². The van der Waals surface area contributed by atoms with Crippen molar-refractivity contribution in [1.82, 2.24) is 9.29 Å². The highest BCUT2D eigenvalue weighted by Crippen LogP contribution is 2.08. The molecule has 6 nitrogen and oxygen atoms in total. The van der Waals surface area contributed by atoms with Crippen LogP contribution >= 0.6 is 0 Å². The second-order valence-corrected chi connectivity index (χ2v) is 5.17. The molecule has 16 heavy (non-hydrogen) atoms. The summed E-state index contributed by atoms with van der Waals surface area (Å²) < 4.78 is 24.9. The van der Waals surface area contributed by atoms with E-state index in [4.69, 9.17) is 0 Å². The van der Waals surface area contributed by atoms with Crippen molar-refractivity contribution in [1.29, 1.82) is 0 Å². The minimum Gasteiger partial charge on any atom is -0.337 e. The van der Waals surface area contributed by atoms with Gasteiger partial charge in [0, 0.05) is 14.0 Å². The SMILES string of the molecule is CC(=O)c1ccc(C(=O)NS(C)(=O)=O)n1C. The summed E-state index contributed by atoms with van der Waals surface area (Å²) in [6.07, 6.45) is 0.889. The zero-order valence-electron chi connectivity index (χ0n) is 9.14. The van der Waals surface area contributed by atoms with E-state index in [1.165, 1.54) is 30.7 Å². The molecule has 0 fully saturated rings. The second kappa shape index (κ2) is 4.09. The number of amides is 1. The normalized spacial score (nSPS) is 11.2. The summed E-state index contributed by atoms with van der Waals surface area (Å²) in [5.41, 5.74) is 0.467. The maximum absolute atomic E-state index is 11.5. The molecule has 0 unspecified atom stereocenters. The summed E-state index contributed by atoms with van der Waals surface area (Å²) in [6.45, 7) is 1.37. The average Bonchev–Trinajstić information content (AvgIpc) is 2.43. The van der Waals surface area contributed by atoms with Crippen LogP contribution in [-0.4, -0.2) is 30.9 Å². The Morgan fingerprint density at radius 3 is 2.12 bits per heavy atom. The fraction of sp³-hybridized carbons (Fsp3) is 0.333. The zero-order chi connectivity index (χ0) is 12.5. The van der Waals surface area contributed by atoms with E-state index in [0.29, 0.717) is 5.69 Å². The van der Waals surface area contributed by atoms with Gasteiger partial charge in [-0.2, -0.15) is 0 Å². The molecule has 0 aliphatic rings. The zero-order valence-corrected chi connectivity index (χ0v) is 9.96. The highest BCUT2D eigenvalue weighted by Gasteiger charge is 2.17. The van der Waals surface area contributed by atoms with E-state index in [1.54, 1.807) is 0 Å². The van der Waals surface area contributed by atoms with E-state index in [2.05, 4.69) is 0 Å². The van der Waals surface area contributed by atoms with Crippen LogP contribution in [0.1, 0.15) is 27.9 Å². The Bertz CT molecular complexity index is 542. The molecule has 0 aliphatic heterocycles.